The van der Waals surface area contributed by atoms with Gasteiger partial charge in [0.15, 0.2) is 11.5 Å². The number of hydrogen-bond donors (Lipinski definition) is 2. The van der Waals surface area contributed by atoms with Crippen LogP contribution in [0.15, 0.2) is 53.4 Å². The number of rotatable bonds is 10. The molecule has 0 fully saturated rings. The van der Waals surface area contributed by atoms with Crippen LogP contribution in [0.25, 0.3) is 0 Å². The van der Waals surface area contributed by atoms with Crippen LogP contribution >= 0.6 is 11.6 Å². The molecule has 202 valence electrons. The first-order valence-corrected chi connectivity index (χ1v) is 12.6. The Bertz CT molecular complexity index is 1430. The molecule has 3 rings (SSSR count). The van der Waals surface area contributed by atoms with Gasteiger partial charge in [-0.15, -0.1) is 0 Å². The summed E-state index contributed by atoms with van der Waals surface area (Å²) >= 11 is 6.13. The highest BCUT2D eigenvalue weighted by Crippen LogP contribution is 2.40. The second-order valence-corrected chi connectivity index (χ2v) is 9.61. The fourth-order valence-corrected chi connectivity index (χ4v) is 4.88. The van der Waals surface area contributed by atoms with Crippen LogP contribution in [0.4, 0.5) is 5.69 Å². The van der Waals surface area contributed by atoms with E-state index in [-0.39, 0.29) is 27.6 Å². The number of sulfonamides is 1. The molecule has 38 heavy (non-hydrogen) atoms. The number of carbonyl (C=O) groups is 2. The van der Waals surface area contributed by atoms with Gasteiger partial charge in [-0.1, -0.05) is 11.6 Å². The fourth-order valence-electron chi connectivity index (χ4n) is 3.38. The smallest absolute Gasteiger partial charge is 0.265 e. The number of methoxy groups -OCH3 is 5. The van der Waals surface area contributed by atoms with Crippen molar-refractivity contribution in [3.05, 3.63) is 64.7 Å². The van der Waals surface area contributed by atoms with E-state index in [1.54, 1.807) is 0 Å². The van der Waals surface area contributed by atoms with Gasteiger partial charge in [0.2, 0.25) is 5.75 Å². The first kappa shape index (κ1) is 28.4. The Balaban J connectivity index is 1.89. The zero-order valence-corrected chi connectivity index (χ0v) is 22.7. The van der Waals surface area contributed by atoms with Gasteiger partial charge in [-0.2, -0.15) is 0 Å². The molecular weight excluding hydrogens is 540 g/mol. The maximum absolute atomic E-state index is 13.1. The topological polar surface area (TPSA) is 138 Å². The summed E-state index contributed by atoms with van der Waals surface area (Å²) in [5.41, 5.74) is 0.223. The van der Waals surface area contributed by atoms with Crippen LogP contribution in [0, 0.1) is 0 Å². The van der Waals surface area contributed by atoms with Gasteiger partial charge in [0, 0.05) is 35.0 Å². The summed E-state index contributed by atoms with van der Waals surface area (Å²) in [4.78, 5) is 25.3. The van der Waals surface area contributed by atoms with Gasteiger partial charge >= 0.3 is 0 Å². The average molecular weight is 565 g/mol. The van der Waals surface area contributed by atoms with E-state index >= 15 is 0 Å². The number of nitrogens with one attached hydrogen (secondary N) is 2. The van der Waals surface area contributed by atoms with Gasteiger partial charge in [0.25, 0.3) is 21.8 Å². The third-order valence-corrected chi connectivity index (χ3v) is 7.06. The minimum absolute atomic E-state index is 0.0304. The maximum atomic E-state index is 13.1. The molecule has 3 aromatic rings. The van der Waals surface area contributed by atoms with E-state index in [9.17, 15) is 18.0 Å². The number of ether oxygens (including phenoxy) is 5. The van der Waals surface area contributed by atoms with Crippen molar-refractivity contribution in [3.63, 3.8) is 0 Å². The van der Waals surface area contributed by atoms with Crippen molar-refractivity contribution < 1.29 is 41.7 Å². The van der Waals surface area contributed by atoms with E-state index in [2.05, 4.69) is 5.32 Å². The van der Waals surface area contributed by atoms with Crippen molar-refractivity contribution in [2.45, 2.75) is 4.90 Å². The van der Waals surface area contributed by atoms with Crippen molar-refractivity contribution in [1.29, 1.82) is 0 Å². The zero-order valence-electron chi connectivity index (χ0n) is 21.1. The van der Waals surface area contributed by atoms with Gasteiger partial charge in [-0.3, -0.25) is 9.59 Å². The SMILES string of the molecule is COc1cc(OC)cc(C(=O)NS(=O)(=O)c2cc(C(=O)Nc3cc(OC)c(OC)c(OC)c3)ccc2Cl)c1. The second kappa shape index (κ2) is 11.9. The quantitative estimate of drug-likeness (QED) is 0.377. The molecule has 3 aromatic carbocycles. The molecule has 0 saturated heterocycles. The van der Waals surface area contributed by atoms with Crippen LogP contribution in [0.2, 0.25) is 5.02 Å². The summed E-state index contributed by atoms with van der Waals surface area (Å²) in [5, 5.41) is 2.45. The summed E-state index contributed by atoms with van der Waals surface area (Å²) in [7, 11) is 2.59. The first-order valence-electron chi connectivity index (χ1n) is 10.8. The predicted molar refractivity (Wildman–Crippen MR) is 140 cm³/mol. The second-order valence-electron chi connectivity index (χ2n) is 7.55. The lowest BCUT2D eigenvalue weighted by molar-refractivity contribution is 0.0979. The van der Waals surface area contributed by atoms with E-state index in [0.29, 0.717) is 22.9 Å². The standard InChI is InChI=1S/C25H25ClN2O9S/c1-33-17-8-15(9-18(13-17)34-2)25(30)28-38(31,32)22-10-14(6-7-19(22)26)24(29)27-16-11-20(35-3)23(37-5)21(12-16)36-4/h6-13H,1-5H3,(H,27,29)(H,28,30). The van der Waals surface area contributed by atoms with Gasteiger partial charge in [0.1, 0.15) is 16.4 Å². The van der Waals surface area contributed by atoms with Gasteiger partial charge in [0.05, 0.1) is 40.6 Å². The molecule has 13 heteroatoms. The summed E-state index contributed by atoms with van der Waals surface area (Å²) < 4.78 is 54.1. The summed E-state index contributed by atoms with van der Waals surface area (Å²) in [5.74, 6) is -0.0957. The molecule has 0 atom stereocenters. The number of halogens is 1. The average Bonchev–Trinajstić information content (AvgIpc) is 2.91. The van der Waals surface area contributed by atoms with Crippen LogP contribution in [0.1, 0.15) is 20.7 Å². The molecule has 2 N–H and O–H groups in total. The van der Waals surface area contributed by atoms with E-state index in [4.69, 9.17) is 35.3 Å². The highest BCUT2D eigenvalue weighted by Gasteiger charge is 2.24. The molecule has 0 aromatic heterocycles. The van der Waals surface area contributed by atoms with Gasteiger partial charge in [-0.05, 0) is 30.3 Å². The summed E-state index contributed by atoms with van der Waals surface area (Å²) in [6, 6.07) is 10.9. The Labute approximate surface area is 224 Å². The molecular formula is C25H25ClN2O9S. The predicted octanol–water partition coefficient (Wildman–Crippen LogP) is 3.75. The molecule has 2 amide bonds. The first-order chi connectivity index (χ1) is 18.1. The molecule has 0 radical (unpaired) electrons. The van der Waals surface area contributed by atoms with Crippen LogP contribution in [-0.4, -0.2) is 55.8 Å². The molecule has 0 bridgehead atoms. The summed E-state index contributed by atoms with van der Waals surface area (Å²) in [6.07, 6.45) is 0. The number of benzene rings is 3. The lowest BCUT2D eigenvalue weighted by Gasteiger charge is -2.15. The monoisotopic (exact) mass is 564 g/mol. The van der Waals surface area contributed by atoms with E-state index in [1.165, 1.54) is 78.0 Å². The number of amides is 2. The van der Waals surface area contributed by atoms with Gasteiger partial charge < -0.3 is 29.0 Å². The Morgan fingerprint density at radius 1 is 0.711 bits per heavy atom. The number of anilines is 1. The Morgan fingerprint density at radius 3 is 1.79 bits per heavy atom. The van der Waals surface area contributed by atoms with Crippen LogP contribution in [0.5, 0.6) is 28.7 Å². The van der Waals surface area contributed by atoms with Crippen LogP contribution in [-0.2, 0) is 10.0 Å². The van der Waals surface area contributed by atoms with E-state index in [0.717, 1.165) is 6.07 Å². The number of carbonyl (C=O) groups excluding carboxylic acids is 2. The Morgan fingerprint density at radius 2 is 1.29 bits per heavy atom. The number of hydrogen-bond acceptors (Lipinski definition) is 9. The molecule has 0 aliphatic rings. The van der Waals surface area contributed by atoms with Crippen LogP contribution in [0.3, 0.4) is 0 Å². The highest BCUT2D eigenvalue weighted by atomic mass is 35.5. The molecule has 0 heterocycles. The van der Waals surface area contributed by atoms with E-state index in [1.807, 2.05) is 4.72 Å². The van der Waals surface area contributed by atoms with Crippen molar-refractivity contribution in [1.82, 2.24) is 4.72 Å². The Hall–Kier alpha value is -4.16. The van der Waals surface area contributed by atoms with Crippen molar-refractivity contribution in [3.8, 4) is 28.7 Å². The molecule has 0 aliphatic heterocycles. The van der Waals surface area contributed by atoms with Crippen LogP contribution < -0.4 is 33.7 Å². The third-order valence-electron chi connectivity index (χ3n) is 5.25. The normalized spacial score (nSPS) is 10.8. The molecule has 0 unspecified atom stereocenters. The lowest BCUT2D eigenvalue weighted by atomic mass is 10.2. The van der Waals surface area contributed by atoms with Crippen molar-refractivity contribution in [2.24, 2.45) is 0 Å². The molecule has 0 saturated carbocycles. The van der Waals surface area contributed by atoms with Crippen molar-refractivity contribution >= 4 is 39.1 Å². The minimum Gasteiger partial charge on any atom is -0.497 e. The minimum atomic E-state index is -4.49. The maximum Gasteiger partial charge on any atom is 0.265 e. The van der Waals surface area contributed by atoms with E-state index < -0.39 is 26.7 Å². The Kier molecular flexibility index (Phi) is 8.92. The third kappa shape index (κ3) is 6.21. The molecule has 0 spiro atoms. The van der Waals surface area contributed by atoms with Crippen molar-refractivity contribution in [2.75, 3.05) is 40.9 Å². The highest BCUT2D eigenvalue weighted by molar-refractivity contribution is 7.90. The van der Waals surface area contributed by atoms with Gasteiger partial charge in [-0.25, -0.2) is 13.1 Å². The largest absolute Gasteiger partial charge is 0.497 e. The zero-order chi connectivity index (χ0) is 28.0. The lowest BCUT2D eigenvalue weighted by Crippen LogP contribution is -2.31. The summed E-state index contributed by atoms with van der Waals surface area (Å²) in [6.45, 7) is 0. The molecule has 11 nitrogen and oxygen atoms in total. The molecule has 0 aliphatic carbocycles. The fraction of sp³-hybridized carbons (Fsp3) is 0.200.